The van der Waals surface area contributed by atoms with E-state index in [4.69, 9.17) is 0 Å². The van der Waals surface area contributed by atoms with Gasteiger partial charge in [0.1, 0.15) is 5.82 Å². The average molecular weight is 410 g/mol. The van der Waals surface area contributed by atoms with Crippen molar-refractivity contribution in [2.75, 3.05) is 26.2 Å². The predicted octanol–water partition coefficient (Wildman–Crippen LogP) is 2.91. The van der Waals surface area contributed by atoms with Crippen LogP contribution in [0, 0.1) is 5.82 Å². The molecule has 1 saturated heterocycles. The van der Waals surface area contributed by atoms with Crippen LogP contribution in [0.4, 0.5) is 4.39 Å². The van der Waals surface area contributed by atoms with E-state index in [2.05, 4.69) is 31.4 Å². The van der Waals surface area contributed by atoms with Crippen LogP contribution >= 0.6 is 0 Å². The molecule has 6 nitrogen and oxygen atoms in total. The van der Waals surface area contributed by atoms with Gasteiger partial charge in [-0.3, -0.25) is 15.1 Å². The Hall–Kier alpha value is -2.80. The number of carbonyl (C=O) groups is 1. The van der Waals surface area contributed by atoms with Crippen molar-refractivity contribution in [3.63, 3.8) is 0 Å². The Labute approximate surface area is 176 Å². The molecule has 7 heteroatoms. The molecule has 2 N–H and O–H groups in total. The lowest BCUT2D eigenvalue weighted by Crippen LogP contribution is -2.51. The van der Waals surface area contributed by atoms with Gasteiger partial charge in [0, 0.05) is 56.0 Å². The summed E-state index contributed by atoms with van der Waals surface area (Å²) >= 11 is 0. The van der Waals surface area contributed by atoms with Crippen LogP contribution < -0.4 is 10.9 Å². The Kier molecular flexibility index (Phi) is 5.21. The Morgan fingerprint density at radius 1 is 1.00 bits per heavy atom. The summed E-state index contributed by atoms with van der Waals surface area (Å²) in [4.78, 5) is 16.0. The summed E-state index contributed by atoms with van der Waals surface area (Å²) in [7, 11) is 0. The molecule has 0 bridgehead atoms. The number of aromatic nitrogens is 1. The monoisotopic (exact) mass is 409 g/mol. The molecule has 0 unspecified atom stereocenters. The summed E-state index contributed by atoms with van der Waals surface area (Å²) < 4.78 is 16.3. The molecule has 3 heterocycles. The molecule has 0 radical (unpaired) electrons. The average Bonchev–Trinajstić information content (AvgIpc) is 3.25. The second-order valence-electron chi connectivity index (χ2n) is 8.44. The number of carbonyl (C=O) groups excluding carboxylic acids is 1. The van der Waals surface area contributed by atoms with Gasteiger partial charge in [-0.15, -0.1) is 0 Å². The fourth-order valence-electron chi connectivity index (χ4n) is 5.19. The molecule has 0 spiro atoms. The van der Waals surface area contributed by atoms with Crippen LogP contribution in [0.25, 0.3) is 10.9 Å². The zero-order chi connectivity index (χ0) is 20.5. The lowest BCUT2D eigenvalue weighted by atomic mass is 9.89. The van der Waals surface area contributed by atoms with Gasteiger partial charge >= 0.3 is 0 Å². The van der Waals surface area contributed by atoms with E-state index in [9.17, 15) is 9.18 Å². The first-order valence-electron chi connectivity index (χ1n) is 10.9. The van der Waals surface area contributed by atoms with E-state index in [0.717, 1.165) is 61.9 Å². The number of halogens is 1. The molecule has 1 aromatic carbocycles. The molecule has 0 amide bonds. The number of allylic oxidation sites excluding steroid dienone is 2. The Morgan fingerprint density at radius 2 is 1.77 bits per heavy atom. The molecule has 1 aliphatic carbocycles. The van der Waals surface area contributed by atoms with Crippen molar-refractivity contribution in [1.29, 1.82) is 0 Å². The van der Waals surface area contributed by atoms with Gasteiger partial charge in [0.15, 0.2) is 6.29 Å². The predicted molar refractivity (Wildman–Crippen MR) is 115 cm³/mol. The highest BCUT2D eigenvalue weighted by atomic mass is 19.1. The largest absolute Gasteiger partial charge is 0.368 e. The minimum Gasteiger partial charge on any atom is -0.368 e. The Bertz CT molecular complexity index is 981. The SMILES string of the molecule is O=CC1=CC(N2CCN(C3CCC(n4ccc5c(F)cccc54)CC3)CC2)=CNN1. The molecule has 2 aliphatic heterocycles. The van der Waals surface area contributed by atoms with Gasteiger partial charge in [-0.2, -0.15) is 0 Å². The second kappa shape index (κ2) is 8.14. The maximum absolute atomic E-state index is 14.0. The van der Waals surface area contributed by atoms with Gasteiger partial charge in [-0.05, 0) is 50.0 Å². The van der Waals surface area contributed by atoms with Gasteiger partial charge in [0.05, 0.1) is 16.9 Å². The highest BCUT2D eigenvalue weighted by Crippen LogP contribution is 2.34. The summed E-state index contributed by atoms with van der Waals surface area (Å²) in [6, 6.07) is 8.36. The number of nitrogens with one attached hydrogen (secondary N) is 2. The van der Waals surface area contributed by atoms with Crippen LogP contribution in [0.3, 0.4) is 0 Å². The fraction of sp³-hybridized carbons (Fsp3) is 0.435. The number of nitrogens with zero attached hydrogens (tertiary/aromatic N) is 3. The summed E-state index contributed by atoms with van der Waals surface area (Å²) in [5.41, 5.74) is 8.42. The standard InChI is InChI=1S/C23H28FN5O/c24-22-2-1-3-23-21(22)8-9-29(23)19-6-4-18(5-7-19)27-10-12-28(13-11-27)20-14-17(16-30)26-25-15-20/h1-3,8-9,14-16,18-19,25-26H,4-7,10-13H2. The molecule has 0 atom stereocenters. The molecule has 3 aliphatic rings. The van der Waals surface area contributed by atoms with E-state index >= 15 is 0 Å². The number of hydrazine groups is 1. The van der Waals surface area contributed by atoms with Gasteiger partial charge in [-0.1, -0.05) is 6.07 Å². The number of piperazine rings is 1. The molecule has 158 valence electrons. The smallest absolute Gasteiger partial charge is 0.167 e. The van der Waals surface area contributed by atoms with Crippen LogP contribution in [0.5, 0.6) is 0 Å². The molecule has 2 aromatic rings. The summed E-state index contributed by atoms with van der Waals surface area (Å²) in [6.45, 7) is 4.03. The van der Waals surface area contributed by atoms with Gasteiger partial charge in [0.2, 0.25) is 0 Å². The van der Waals surface area contributed by atoms with Crippen molar-refractivity contribution in [3.05, 3.63) is 59.9 Å². The van der Waals surface area contributed by atoms with E-state index in [-0.39, 0.29) is 5.82 Å². The Balaban J connectivity index is 1.17. The molecule has 1 saturated carbocycles. The normalized spacial score (nSPS) is 25.3. The zero-order valence-electron chi connectivity index (χ0n) is 17.1. The number of hydrogen-bond acceptors (Lipinski definition) is 5. The molecular weight excluding hydrogens is 381 g/mol. The summed E-state index contributed by atoms with van der Waals surface area (Å²) in [5, 5.41) is 0.726. The van der Waals surface area contributed by atoms with E-state index in [1.807, 2.05) is 24.4 Å². The third-order valence-electron chi connectivity index (χ3n) is 6.83. The first-order valence-corrected chi connectivity index (χ1v) is 10.9. The van der Waals surface area contributed by atoms with Crippen LogP contribution in [-0.4, -0.2) is 52.9 Å². The van der Waals surface area contributed by atoms with Crippen LogP contribution in [0.1, 0.15) is 31.7 Å². The lowest BCUT2D eigenvalue weighted by molar-refractivity contribution is -0.105. The molecular formula is C23H28FN5O. The number of hydrogen-bond donors (Lipinski definition) is 2. The summed E-state index contributed by atoms with van der Waals surface area (Å²) in [6.07, 6.45) is 11.3. The van der Waals surface area contributed by atoms with Crippen molar-refractivity contribution >= 4 is 17.2 Å². The van der Waals surface area contributed by atoms with Crippen molar-refractivity contribution < 1.29 is 9.18 Å². The number of aldehydes is 1. The highest BCUT2D eigenvalue weighted by Gasteiger charge is 2.29. The lowest BCUT2D eigenvalue weighted by Gasteiger charge is -2.43. The molecule has 30 heavy (non-hydrogen) atoms. The van der Waals surface area contributed by atoms with E-state index in [0.29, 0.717) is 17.8 Å². The maximum atomic E-state index is 14.0. The van der Waals surface area contributed by atoms with Gasteiger partial charge < -0.3 is 14.9 Å². The first-order chi connectivity index (χ1) is 14.7. The summed E-state index contributed by atoms with van der Waals surface area (Å²) in [5.74, 6) is -0.132. The molecule has 1 aromatic heterocycles. The number of fused-ring (bicyclic) bond motifs is 1. The second-order valence-corrected chi connectivity index (χ2v) is 8.44. The maximum Gasteiger partial charge on any atom is 0.167 e. The first kappa shape index (κ1) is 19.2. The van der Waals surface area contributed by atoms with Crippen LogP contribution in [0.15, 0.2) is 54.1 Å². The van der Waals surface area contributed by atoms with Crippen molar-refractivity contribution in [2.24, 2.45) is 0 Å². The molecule has 5 rings (SSSR count). The van der Waals surface area contributed by atoms with Crippen LogP contribution in [-0.2, 0) is 4.79 Å². The van der Waals surface area contributed by atoms with E-state index in [1.54, 1.807) is 6.07 Å². The number of benzene rings is 1. The van der Waals surface area contributed by atoms with Gasteiger partial charge in [0.25, 0.3) is 0 Å². The van der Waals surface area contributed by atoms with E-state index < -0.39 is 0 Å². The van der Waals surface area contributed by atoms with Crippen molar-refractivity contribution in [3.8, 4) is 0 Å². The van der Waals surface area contributed by atoms with E-state index in [1.165, 1.54) is 18.9 Å². The highest BCUT2D eigenvalue weighted by molar-refractivity contribution is 5.80. The van der Waals surface area contributed by atoms with Crippen LogP contribution in [0.2, 0.25) is 0 Å². The third-order valence-corrected chi connectivity index (χ3v) is 6.83. The minimum atomic E-state index is -0.132. The number of rotatable bonds is 4. The quantitative estimate of drug-likeness (QED) is 0.761. The topological polar surface area (TPSA) is 52.5 Å². The Morgan fingerprint density at radius 3 is 2.53 bits per heavy atom. The zero-order valence-corrected chi connectivity index (χ0v) is 17.1. The fourth-order valence-corrected chi connectivity index (χ4v) is 5.19. The third kappa shape index (κ3) is 3.58. The molecule has 2 fully saturated rings. The van der Waals surface area contributed by atoms with Crippen molar-refractivity contribution in [2.45, 2.75) is 37.8 Å². The van der Waals surface area contributed by atoms with Gasteiger partial charge in [-0.25, -0.2) is 4.39 Å². The minimum absolute atomic E-state index is 0.132. The van der Waals surface area contributed by atoms with Crippen molar-refractivity contribution in [1.82, 2.24) is 25.2 Å².